The summed E-state index contributed by atoms with van der Waals surface area (Å²) in [6.07, 6.45) is 35.4. The van der Waals surface area contributed by atoms with Gasteiger partial charge in [-0.2, -0.15) is 5.26 Å². The molecule has 5 aliphatic heterocycles. The lowest BCUT2D eigenvalue weighted by atomic mass is 9.90. The Bertz CT molecular complexity index is 6270. The quantitative estimate of drug-likeness (QED) is 0.0600. The highest BCUT2D eigenvalue weighted by Gasteiger charge is 2.58. The molecule has 4 spiro atoms. The summed E-state index contributed by atoms with van der Waals surface area (Å²) >= 11 is 0. The summed E-state index contributed by atoms with van der Waals surface area (Å²) in [6.45, 7) is 9.22. The minimum absolute atomic E-state index is 0.0178. The van der Waals surface area contributed by atoms with Crippen molar-refractivity contribution < 1.29 is 56.0 Å². The van der Waals surface area contributed by atoms with Gasteiger partial charge in [0.25, 0.3) is 47.3 Å². The molecule has 4 unspecified atom stereocenters. The van der Waals surface area contributed by atoms with E-state index in [1.807, 2.05) is 98.6 Å². The summed E-state index contributed by atoms with van der Waals surface area (Å²) in [5, 5.41) is 24.5. The number of amides is 8. The molecule has 13 aromatic rings. The minimum Gasteiger partial charge on any atom is -0.449 e. The number of nitriles is 1. The van der Waals surface area contributed by atoms with Gasteiger partial charge in [-0.3, -0.25) is 68.3 Å². The van der Waals surface area contributed by atoms with Gasteiger partial charge >= 0.3 is 0 Å². The molecule has 127 heavy (non-hydrogen) atoms. The number of pyridine rings is 5. The lowest BCUT2D eigenvalue weighted by Crippen LogP contribution is -2.40. The molecule has 4 atom stereocenters. The SMILES string of the molecule is N#Cc1ccc(C(=O)N2CCC3(CC2)CC3CNC(=O)c2cc3ccncc3o2)cc1.O=C(NCC1CC12CCN(C(=O)c1ccc3nc[nH]c3c1)CC2)c1cc2ccncc2o1.O=C(NCC1CC12CCN(C(=O)c1cccc3c1C=NC3)CC2)c1cc2ccncc2o1.O=C(NCC1CC12CCN(C(=O)c1ccnc3c1C=CC3)CC2)c1cc2ccncc2o1. The number of imidazole rings is 1. The van der Waals surface area contributed by atoms with Gasteiger partial charge in [-0.1, -0.05) is 24.3 Å². The maximum atomic E-state index is 13.1. The zero-order chi connectivity index (χ0) is 86.5. The van der Waals surface area contributed by atoms with Crippen molar-refractivity contribution in [2.45, 2.75) is 90.0 Å². The van der Waals surface area contributed by atoms with Crippen molar-refractivity contribution in [3.05, 3.63) is 257 Å². The van der Waals surface area contributed by atoms with E-state index in [1.165, 1.54) is 0 Å². The predicted octanol–water partition coefficient (Wildman–Crippen LogP) is 13.6. The number of furan rings is 4. The first kappa shape index (κ1) is 81.1. The first-order valence-electron chi connectivity index (χ1n) is 43.8. The Labute approximate surface area is 729 Å². The number of nitrogens with zero attached hydrogens (tertiary/aromatic N) is 12. The Balaban J connectivity index is 0.000000107. The Hall–Kier alpha value is -14.3. The third-order valence-corrected chi connectivity index (χ3v) is 28.6. The molecule has 29 heteroatoms. The van der Waals surface area contributed by atoms with Crippen molar-refractivity contribution in [2.24, 2.45) is 50.3 Å². The van der Waals surface area contributed by atoms with Crippen LogP contribution in [0.1, 0.15) is 189 Å². The van der Waals surface area contributed by atoms with Gasteiger partial charge in [0.2, 0.25) is 0 Å². The monoisotopic (exact) mass is 1700 g/mol. The standard InChI is InChI=1S/2C25H24N4O3.C24H23N5O3.C24H22N4O3/c30-23(21-12-16-4-8-26-15-22(16)32-21)28-14-17-13-25(17)6-10-29(11-7-25)24(31)19-5-9-27-20-3-1-2-18(19)20;30-23(21-10-16-4-7-26-15-22(16)32-21)28-13-18-11-25(18)5-8-29(9-6-25)24(31)19-3-1-2-17-12-27-14-20(17)19;30-22(20-10-15-3-6-25-13-21(15)32-20)26-12-17-11-24(17)4-7-29(8-5-24)23(31)16-1-2-18-19(9-16)28-14-27-18;25-13-16-1-3-17(4-2-16)23(30)28-9-6-24(7-10-28)12-19(24)14-27-22(29)20-11-18-5-8-26-15-21(18)31-20/h1-2,4-5,8-9,12,15,17H,3,6-7,10-11,13-14H2,(H,28,30);1-4,7,10,14-15,18H,5-6,8-9,11-13H2,(H,28,30);1-3,6,9-10,13-14,17H,4-5,7-8,11-12H2,(H,26,30)(H,27,28);1-5,8,11,15,19H,6-7,9-10,12,14H2,(H,27,29). The number of aromatic nitrogens is 7. The van der Waals surface area contributed by atoms with E-state index >= 15 is 0 Å². The maximum Gasteiger partial charge on any atom is 0.287 e. The van der Waals surface area contributed by atoms with Crippen LogP contribution in [-0.4, -0.2) is 186 Å². The third-order valence-electron chi connectivity index (χ3n) is 28.6. The van der Waals surface area contributed by atoms with E-state index in [0.29, 0.717) is 118 Å². The number of rotatable bonds is 16. The number of benzene rings is 3. The molecule has 8 fully saturated rings. The van der Waals surface area contributed by atoms with E-state index in [-0.39, 0.29) is 68.9 Å². The molecule has 5 aliphatic carbocycles. The fourth-order valence-corrected chi connectivity index (χ4v) is 20.3. The molecule has 23 rings (SSSR count). The topological polar surface area (TPSA) is 379 Å². The number of allylic oxidation sites excluding steroid dienone is 1. The maximum absolute atomic E-state index is 13.1. The number of carbonyl (C=O) groups excluding carboxylic acids is 8. The Morgan fingerprint density at radius 1 is 0.433 bits per heavy atom. The van der Waals surface area contributed by atoms with Gasteiger partial charge in [-0.25, -0.2) is 4.98 Å². The first-order valence-corrected chi connectivity index (χ1v) is 43.8. The number of hydrogen-bond donors (Lipinski definition) is 5. The lowest BCUT2D eigenvalue weighted by molar-refractivity contribution is 0.0659. The first-order chi connectivity index (χ1) is 61.9. The van der Waals surface area contributed by atoms with Crippen LogP contribution in [0.5, 0.6) is 0 Å². The van der Waals surface area contributed by atoms with Gasteiger partial charge in [0.15, 0.2) is 45.4 Å². The van der Waals surface area contributed by atoms with Crippen molar-refractivity contribution in [1.82, 2.24) is 75.8 Å². The van der Waals surface area contributed by atoms with Crippen molar-refractivity contribution in [3.8, 4) is 6.07 Å². The number of nitrogens with one attached hydrogen (secondary N) is 5. The number of aliphatic imine (C=N–C) groups is 1. The summed E-state index contributed by atoms with van der Waals surface area (Å²) in [5.74, 6) is 2.62. The molecular weight excluding hydrogens is 1610 g/mol. The van der Waals surface area contributed by atoms with Crippen LogP contribution >= 0.6 is 0 Å². The largest absolute Gasteiger partial charge is 0.449 e. The van der Waals surface area contributed by atoms with Crippen LogP contribution in [0.2, 0.25) is 0 Å². The lowest BCUT2D eigenvalue weighted by Gasteiger charge is -2.33. The summed E-state index contributed by atoms with van der Waals surface area (Å²) in [6, 6.07) is 36.5. The van der Waals surface area contributed by atoms with E-state index in [1.54, 1.807) is 111 Å². The number of carbonyl (C=O) groups is 8. The highest BCUT2D eigenvalue weighted by molar-refractivity contribution is 6.05. The number of fused-ring (bicyclic) bond motifs is 7. The number of hydrogen-bond acceptors (Lipinski definition) is 20. The number of H-pyrrole nitrogens is 1. The van der Waals surface area contributed by atoms with Crippen LogP contribution in [0.25, 0.3) is 61.0 Å². The van der Waals surface area contributed by atoms with Gasteiger partial charge in [-0.15, -0.1) is 0 Å². The van der Waals surface area contributed by atoms with Crippen molar-refractivity contribution in [2.75, 3.05) is 78.5 Å². The molecule has 4 saturated heterocycles. The van der Waals surface area contributed by atoms with E-state index in [9.17, 15) is 38.4 Å². The summed E-state index contributed by atoms with van der Waals surface area (Å²) in [5.41, 5.74) is 12.6. The second kappa shape index (κ2) is 33.6. The fraction of sp³-hybridized carbons (Fsp3) is 0.347. The highest BCUT2D eigenvalue weighted by atomic mass is 16.4. The van der Waals surface area contributed by atoms with Gasteiger partial charge in [0, 0.05) is 172 Å². The van der Waals surface area contributed by atoms with Gasteiger partial charge < -0.3 is 63.5 Å². The molecule has 3 aromatic carbocycles. The van der Waals surface area contributed by atoms with Crippen LogP contribution in [0.15, 0.2) is 206 Å². The molecule has 0 radical (unpaired) electrons. The van der Waals surface area contributed by atoms with Crippen molar-refractivity contribution in [1.29, 1.82) is 5.26 Å². The van der Waals surface area contributed by atoms with Crippen LogP contribution in [-0.2, 0) is 13.0 Å². The smallest absolute Gasteiger partial charge is 0.287 e. The molecular formula is C98H93N17O12. The second-order valence-electron chi connectivity index (χ2n) is 35.7. The normalized spacial score (nSPS) is 19.9. The number of aromatic amines is 1. The number of piperidine rings is 4. The Morgan fingerprint density at radius 3 is 1.24 bits per heavy atom. The predicted molar refractivity (Wildman–Crippen MR) is 470 cm³/mol. The van der Waals surface area contributed by atoms with Crippen molar-refractivity contribution >= 4 is 114 Å². The minimum atomic E-state index is -0.202. The zero-order valence-electron chi connectivity index (χ0n) is 69.9. The molecule has 10 aromatic heterocycles. The molecule has 15 heterocycles. The highest BCUT2D eigenvalue weighted by Crippen LogP contribution is 2.62. The summed E-state index contributed by atoms with van der Waals surface area (Å²) in [4.78, 5) is 142. The van der Waals surface area contributed by atoms with Gasteiger partial charge in [0.1, 0.15) is 0 Å². The molecule has 10 aliphatic rings. The second-order valence-corrected chi connectivity index (χ2v) is 35.7. The van der Waals surface area contributed by atoms with E-state index in [2.05, 4.69) is 73.3 Å². The van der Waals surface area contributed by atoms with E-state index in [4.69, 9.17) is 22.9 Å². The van der Waals surface area contributed by atoms with E-state index in [0.717, 1.165) is 202 Å². The van der Waals surface area contributed by atoms with Crippen LogP contribution < -0.4 is 21.3 Å². The Morgan fingerprint density at radius 2 is 0.827 bits per heavy atom. The van der Waals surface area contributed by atoms with E-state index < -0.39 is 0 Å². The molecule has 29 nitrogen and oxygen atoms in total. The average molecular weight is 1700 g/mol. The molecule has 642 valence electrons. The average Bonchev–Trinajstić information content (AvgIpc) is 1.60. The van der Waals surface area contributed by atoms with Crippen LogP contribution in [0, 0.1) is 56.7 Å². The summed E-state index contributed by atoms with van der Waals surface area (Å²) < 4.78 is 22.4. The fourth-order valence-electron chi connectivity index (χ4n) is 20.3. The molecule has 8 amide bonds. The van der Waals surface area contributed by atoms with Crippen LogP contribution in [0.4, 0.5) is 0 Å². The zero-order valence-corrected chi connectivity index (χ0v) is 69.9. The Kier molecular flexibility index (Phi) is 21.5. The van der Waals surface area contributed by atoms with Crippen molar-refractivity contribution in [3.63, 3.8) is 0 Å². The van der Waals surface area contributed by atoms with Gasteiger partial charge in [-0.05, 0) is 231 Å². The molecule has 4 saturated carbocycles. The summed E-state index contributed by atoms with van der Waals surface area (Å²) in [7, 11) is 0. The molecule has 0 bridgehead atoms. The molecule has 5 N–H and O–H groups in total. The van der Waals surface area contributed by atoms with Gasteiger partial charge in [0.05, 0.1) is 71.6 Å². The van der Waals surface area contributed by atoms with Crippen LogP contribution in [0.3, 0.4) is 0 Å². The number of likely N-dealkylation sites (tertiary alicyclic amines) is 4. The third kappa shape index (κ3) is 16.6.